The van der Waals surface area contributed by atoms with E-state index in [1.54, 1.807) is 43.3 Å². The van der Waals surface area contributed by atoms with E-state index in [0.29, 0.717) is 47.2 Å². The predicted molar refractivity (Wildman–Crippen MR) is 163 cm³/mol. The molecule has 0 N–H and O–H groups in total. The average molecular weight is 665 g/mol. The number of ether oxygens (including phenoxy) is 3. The van der Waals surface area contributed by atoms with Crippen LogP contribution in [0, 0.1) is 11.3 Å². The SMILES string of the molecule is COC(=O)C1=C(C)N=c2s/c(=C\c3ccc(OCc4ccccc4C#N)c(Br)c3)c(=O)n2[C@@H]1c1cc(Cl)ccc1OC. The Kier molecular flexibility index (Phi) is 8.64. The lowest BCUT2D eigenvalue weighted by atomic mass is 9.95. The highest BCUT2D eigenvalue weighted by Crippen LogP contribution is 2.37. The molecule has 212 valence electrons. The molecule has 1 aliphatic rings. The second-order valence-electron chi connectivity index (χ2n) is 9.21. The summed E-state index contributed by atoms with van der Waals surface area (Å²) in [4.78, 5) is 31.9. The molecule has 0 saturated heterocycles. The van der Waals surface area contributed by atoms with Gasteiger partial charge in [-0.2, -0.15) is 5.26 Å². The van der Waals surface area contributed by atoms with E-state index >= 15 is 0 Å². The summed E-state index contributed by atoms with van der Waals surface area (Å²) < 4.78 is 19.2. The number of allylic oxidation sites excluding steroid dienone is 1. The highest BCUT2D eigenvalue weighted by atomic mass is 79.9. The number of hydrogen-bond donors (Lipinski definition) is 0. The number of aromatic nitrogens is 1. The van der Waals surface area contributed by atoms with Crippen molar-refractivity contribution in [1.29, 1.82) is 5.26 Å². The summed E-state index contributed by atoms with van der Waals surface area (Å²) in [6.07, 6.45) is 1.76. The Hall–Kier alpha value is -4.17. The number of hydrogen-bond acceptors (Lipinski definition) is 8. The quantitative estimate of drug-likeness (QED) is 0.249. The number of carbonyl (C=O) groups excluding carboxylic acids is 1. The lowest BCUT2D eigenvalue weighted by molar-refractivity contribution is -0.136. The van der Waals surface area contributed by atoms with Crippen LogP contribution in [0.4, 0.5) is 0 Å². The Morgan fingerprint density at radius 2 is 1.93 bits per heavy atom. The van der Waals surface area contributed by atoms with Crippen molar-refractivity contribution in [3.63, 3.8) is 0 Å². The van der Waals surface area contributed by atoms with Gasteiger partial charge in [0.05, 0.1) is 46.1 Å². The first-order chi connectivity index (χ1) is 20.2. The number of fused-ring (bicyclic) bond motifs is 1. The molecule has 0 aliphatic carbocycles. The minimum Gasteiger partial charge on any atom is -0.496 e. The van der Waals surface area contributed by atoms with Crippen LogP contribution < -0.4 is 24.4 Å². The molecule has 0 bridgehead atoms. The van der Waals surface area contributed by atoms with Crippen LogP contribution in [-0.4, -0.2) is 24.8 Å². The first kappa shape index (κ1) is 29.3. The molecule has 1 aromatic heterocycles. The van der Waals surface area contributed by atoms with E-state index in [-0.39, 0.29) is 17.7 Å². The second-order valence-corrected chi connectivity index (χ2v) is 11.5. The summed E-state index contributed by atoms with van der Waals surface area (Å²) in [5.74, 6) is 0.453. The topological polar surface area (TPSA) is 103 Å². The Labute approximate surface area is 258 Å². The third kappa shape index (κ3) is 5.63. The molecule has 11 heteroatoms. The molecule has 1 aliphatic heterocycles. The van der Waals surface area contributed by atoms with Gasteiger partial charge in [-0.15, -0.1) is 0 Å². The molecule has 1 atom stereocenters. The largest absolute Gasteiger partial charge is 0.496 e. The fourth-order valence-electron chi connectivity index (χ4n) is 4.69. The molecule has 42 heavy (non-hydrogen) atoms. The van der Waals surface area contributed by atoms with Crippen molar-refractivity contribution in [3.8, 4) is 17.6 Å². The average Bonchev–Trinajstić information content (AvgIpc) is 3.29. The molecule has 3 aromatic carbocycles. The maximum atomic E-state index is 13.9. The van der Waals surface area contributed by atoms with Gasteiger partial charge in [-0.05, 0) is 70.9 Å². The van der Waals surface area contributed by atoms with Gasteiger partial charge in [-0.25, -0.2) is 9.79 Å². The number of benzene rings is 3. The van der Waals surface area contributed by atoms with Gasteiger partial charge in [0, 0.05) is 16.1 Å². The summed E-state index contributed by atoms with van der Waals surface area (Å²) in [5, 5.41) is 9.75. The smallest absolute Gasteiger partial charge is 0.338 e. The molecule has 2 heterocycles. The normalized spacial score (nSPS) is 14.6. The van der Waals surface area contributed by atoms with E-state index in [2.05, 4.69) is 27.0 Å². The molecule has 0 fully saturated rings. The summed E-state index contributed by atoms with van der Waals surface area (Å²) in [6.45, 7) is 1.94. The molecule has 0 amide bonds. The highest BCUT2D eigenvalue weighted by molar-refractivity contribution is 9.10. The van der Waals surface area contributed by atoms with Crippen molar-refractivity contribution < 1.29 is 19.0 Å². The fourth-order valence-corrected chi connectivity index (χ4v) is 6.43. The fraction of sp³-hybridized carbons (Fsp3) is 0.161. The first-order valence-corrected chi connectivity index (χ1v) is 14.6. The van der Waals surface area contributed by atoms with Gasteiger partial charge in [0.1, 0.15) is 24.1 Å². The van der Waals surface area contributed by atoms with Crippen LogP contribution in [0.1, 0.15) is 35.2 Å². The third-order valence-corrected chi connectivity index (χ3v) is 8.53. The molecule has 0 saturated carbocycles. The van der Waals surface area contributed by atoms with Crippen LogP contribution in [-0.2, 0) is 16.1 Å². The number of carbonyl (C=O) groups is 1. The molecule has 0 unspecified atom stereocenters. The van der Waals surface area contributed by atoms with Crippen molar-refractivity contribution in [2.45, 2.75) is 19.6 Å². The minimum absolute atomic E-state index is 0.222. The van der Waals surface area contributed by atoms with E-state index in [4.69, 9.17) is 25.8 Å². The van der Waals surface area contributed by atoms with Crippen LogP contribution in [0.25, 0.3) is 6.08 Å². The Morgan fingerprint density at radius 3 is 2.64 bits per heavy atom. The van der Waals surface area contributed by atoms with Crippen LogP contribution >= 0.6 is 38.9 Å². The number of methoxy groups -OCH3 is 2. The van der Waals surface area contributed by atoms with Crippen molar-refractivity contribution in [2.24, 2.45) is 4.99 Å². The van der Waals surface area contributed by atoms with Gasteiger partial charge < -0.3 is 14.2 Å². The lowest BCUT2D eigenvalue weighted by Gasteiger charge is -2.25. The van der Waals surface area contributed by atoms with Gasteiger partial charge in [-0.1, -0.05) is 47.2 Å². The van der Waals surface area contributed by atoms with E-state index < -0.39 is 12.0 Å². The van der Waals surface area contributed by atoms with E-state index in [1.165, 1.54) is 30.1 Å². The van der Waals surface area contributed by atoms with Gasteiger partial charge in [0.25, 0.3) is 5.56 Å². The van der Waals surface area contributed by atoms with Crippen LogP contribution in [0.2, 0.25) is 5.02 Å². The standard InChI is InChI=1S/C31H23BrClN3O5S/c1-17-27(30(38)40-3)28(22-14-21(33)9-11-24(22)39-2)36-29(37)26(42-31(36)35-17)13-18-8-10-25(23(32)12-18)41-16-20-7-5-4-6-19(20)15-34/h4-14,28H,16H2,1-3H3/b26-13-/t28-/m1/s1. The Balaban J connectivity index is 1.56. The summed E-state index contributed by atoms with van der Waals surface area (Å²) in [5.41, 5.74) is 2.95. The van der Waals surface area contributed by atoms with Crippen molar-refractivity contribution >= 4 is 50.9 Å². The van der Waals surface area contributed by atoms with Gasteiger partial charge in [0.15, 0.2) is 4.80 Å². The van der Waals surface area contributed by atoms with Gasteiger partial charge >= 0.3 is 5.97 Å². The number of halogens is 2. The molecule has 5 rings (SSSR count). The van der Waals surface area contributed by atoms with E-state index in [9.17, 15) is 14.9 Å². The zero-order valence-electron chi connectivity index (χ0n) is 22.7. The van der Waals surface area contributed by atoms with Crippen LogP contribution in [0.3, 0.4) is 0 Å². The van der Waals surface area contributed by atoms with Crippen molar-refractivity contribution in [1.82, 2.24) is 4.57 Å². The third-order valence-electron chi connectivity index (χ3n) is 6.69. The molecule has 0 radical (unpaired) electrons. The lowest BCUT2D eigenvalue weighted by Crippen LogP contribution is -2.40. The maximum absolute atomic E-state index is 13.9. The zero-order chi connectivity index (χ0) is 30.0. The van der Waals surface area contributed by atoms with Crippen LogP contribution in [0.5, 0.6) is 11.5 Å². The van der Waals surface area contributed by atoms with Crippen molar-refractivity contribution in [3.05, 3.63) is 123 Å². The van der Waals surface area contributed by atoms with E-state index in [1.807, 2.05) is 30.3 Å². The maximum Gasteiger partial charge on any atom is 0.338 e. The number of rotatable bonds is 7. The zero-order valence-corrected chi connectivity index (χ0v) is 25.8. The number of nitriles is 1. The summed E-state index contributed by atoms with van der Waals surface area (Å²) in [7, 11) is 2.80. The summed E-state index contributed by atoms with van der Waals surface area (Å²) >= 11 is 11.1. The minimum atomic E-state index is -0.858. The molecule has 0 spiro atoms. The molecular formula is C31H23BrClN3O5S. The molecule has 4 aromatic rings. The predicted octanol–water partition coefficient (Wildman–Crippen LogP) is 5.28. The van der Waals surface area contributed by atoms with E-state index in [0.717, 1.165) is 11.1 Å². The molecular weight excluding hydrogens is 642 g/mol. The Bertz CT molecular complexity index is 1980. The second kappa shape index (κ2) is 12.4. The Morgan fingerprint density at radius 1 is 1.17 bits per heavy atom. The molecule has 8 nitrogen and oxygen atoms in total. The van der Waals surface area contributed by atoms with Gasteiger partial charge in [0.2, 0.25) is 0 Å². The number of thiazole rings is 1. The highest BCUT2D eigenvalue weighted by Gasteiger charge is 2.35. The monoisotopic (exact) mass is 663 g/mol. The summed E-state index contributed by atoms with van der Waals surface area (Å²) in [6, 6.07) is 19.1. The number of esters is 1. The van der Waals surface area contributed by atoms with Crippen LogP contribution in [0.15, 0.2) is 86.2 Å². The number of nitrogens with zero attached hydrogens (tertiary/aromatic N) is 3. The van der Waals surface area contributed by atoms with Gasteiger partial charge in [-0.3, -0.25) is 9.36 Å². The first-order valence-electron chi connectivity index (χ1n) is 12.6. The van der Waals surface area contributed by atoms with Crippen molar-refractivity contribution in [2.75, 3.05) is 14.2 Å².